The molecule has 4 heterocycles. The second-order valence-electron chi connectivity index (χ2n) is 21.2. The molecule has 1 aliphatic heterocycles. The number of halogens is 1. The van der Waals surface area contributed by atoms with Crippen LogP contribution in [0.15, 0.2) is 101 Å². The molecule has 0 atom stereocenters. The number of rotatable bonds is 15. The quantitative estimate of drug-likeness (QED) is 0.0482. The first-order valence-electron chi connectivity index (χ1n) is 24.5. The highest BCUT2D eigenvalue weighted by Crippen LogP contribution is 2.46. The van der Waals surface area contributed by atoms with Gasteiger partial charge in [-0.15, -0.1) is 11.3 Å². The number of sulfonamides is 1. The second-order valence-corrected chi connectivity index (χ2v) is 23.8. The largest absolute Gasteiger partial charge is 0.455 e. The number of nitrogens with zero attached hydrogens (tertiary/aromatic N) is 4. The monoisotopic (exact) mass is 1020 g/mol. The number of thiophene rings is 1. The number of carbonyl (C=O) groups excluding carboxylic acids is 1. The van der Waals surface area contributed by atoms with Gasteiger partial charge in [-0.3, -0.25) is 19.8 Å². The third-order valence-corrected chi connectivity index (χ3v) is 16.8. The van der Waals surface area contributed by atoms with E-state index >= 15 is 4.39 Å². The molecule has 1 amide bonds. The van der Waals surface area contributed by atoms with Crippen molar-refractivity contribution in [2.24, 2.45) is 11.3 Å². The summed E-state index contributed by atoms with van der Waals surface area (Å²) in [5.41, 5.74) is 3.91. The van der Waals surface area contributed by atoms with Gasteiger partial charge in [-0.1, -0.05) is 31.6 Å². The van der Waals surface area contributed by atoms with Crippen LogP contribution in [0.25, 0.3) is 27.7 Å². The zero-order chi connectivity index (χ0) is 51.2. The fraction of sp³-hybridized carbons (Fsp3) is 0.407. The highest BCUT2D eigenvalue weighted by Gasteiger charge is 2.33. The van der Waals surface area contributed by atoms with E-state index in [1.165, 1.54) is 46.5 Å². The molecular weight excluding hydrogens is 958 g/mol. The third-order valence-electron chi connectivity index (χ3n) is 14.5. The number of benzene rings is 3. The first-order chi connectivity index (χ1) is 34.1. The molecule has 1 saturated heterocycles. The number of allylic oxidation sites excluding steroid dienone is 1. The Morgan fingerprint density at radius 1 is 1.00 bits per heavy atom. The summed E-state index contributed by atoms with van der Waals surface area (Å²) in [5, 5.41) is 38.9. The zero-order valence-electron chi connectivity index (χ0n) is 41.3. The van der Waals surface area contributed by atoms with Crippen molar-refractivity contribution in [3.05, 3.63) is 128 Å². The van der Waals surface area contributed by atoms with E-state index < -0.39 is 48.5 Å². The number of nitro groups is 1. The number of anilines is 2. The van der Waals surface area contributed by atoms with E-state index in [2.05, 4.69) is 55.1 Å². The lowest BCUT2D eigenvalue weighted by atomic mass is 9.73. The molecule has 9 rings (SSSR count). The van der Waals surface area contributed by atoms with Crippen LogP contribution >= 0.6 is 11.3 Å². The standard InChI is InChI=1S/C54H62FN7O8S2/c1-52(2)16-14-37(43(29-52)49-26-38(33-71-49)35-6-10-44(45(55)25-35)53(3,4)64)32-60-20-22-61(23-21-60)39-7-9-42(48(27-39)70-40-24-36-15-19-56-50(36)58-31-40)51(63)59-72(68,69)41-8-11-46(47(28-41)62(66)67)57-30-34-12-17-54(5,65)18-13-34/h6-11,15,19,24-28,31,33-34,57,64-65H,12-14,16-18,20-23,29-30,32H2,1-5H3,(H,56,58)(H,59,63)/t34-,54-. The summed E-state index contributed by atoms with van der Waals surface area (Å²) < 4.78 is 51.2. The summed E-state index contributed by atoms with van der Waals surface area (Å²) in [5.74, 6) is -0.803. The van der Waals surface area contributed by atoms with Crippen molar-refractivity contribution in [2.75, 3.05) is 49.5 Å². The number of hydrogen-bond donors (Lipinski definition) is 5. The van der Waals surface area contributed by atoms with Crippen LogP contribution < -0.4 is 19.7 Å². The highest BCUT2D eigenvalue weighted by molar-refractivity contribution is 7.90. The number of amides is 1. The van der Waals surface area contributed by atoms with E-state index in [-0.39, 0.29) is 33.9 Å². The molecule has 6 aromatic rings. The van der Waals surface area contributed by atoms with Crippen molar-refractivity contribution >= 4 is 60.9 Å². The van der Waals surface area contributed by atoms with Crippen molar-refractivity contribution in [1.29, 1.82) is 0 Å². The van der Waals surface area contributed by atoms with Gasteiger partial charge in [0.25, 0.3) is 21.6 Å². The molecule has 0 spiro atoms. The van der Waals surface area contributed by atoms with Gasteiger partial charge in [0.2, 0.25) is 0 Å². The molecule has 0 unspecified atom stereocenters. The van der Waals surface area contributed by atoms with Crippen molar-refractivity contribution in [3.63, 3.8) is 0 Å². The number of aromatic amines is 1. The predicted molar refractivity (Wildman–Crippen MR) is 280 cm³/mol. The fourth-order valence-corrected chi connectivity index (χ4v) is 12.1. The maximum atomic E-state index is 15.1. The Bertz CT molecular complexity index is 3160. The molecule has 5 N–H and O–H groups in total. The van der Waals surface area contributed by atoms with Gasteiger partial charge in [-0.25, -0.2) is 22.5 Å². The lowest BCUT2D eigenvalue weighted by molar-refractivity contribution is -0.384. The molecule has 1 saturated carbocycles. The Kier molecular flexibility index (Phi) is 14.1. The number of aliphatic hydroxyl groups is 2. The Morgan fingerprint density at radius 2 is 1.76 bits per heavy atom. The maximum Gasteiger partial charge on any atom is 0.293 e. The van der Waals surface area contributed by atoms with Gasteiger partial charge < -0.3 is 30.2 Å². The topological polar surface area (TPSA) is 203 Å². The van der Waals surface area contributed by atoms with E-state index in [1.54, 1.807) is 62.6 Å². The molecule has 2 aliphatic carbocycles. The zero-order valence-corrected chi connectivity index (χ0v) is 42.9. The average molecular weight is 1020 g/mol. The first-order valence-corrected chi connectivity index (χ1v) is 26.8. The predicted octanol–water partition coefficient (Wildman–Crippen LogP) is 10.6. The smallest absolute Gasteiger partial charge is 0.293 e. The van der Waals surface area contributed by atoms with Crippen LogP contribution in [-0.4, -0.2) is 89.2 Å². The van der Waals surface area contributed by atoms with Crippen LogP contribution in [0.1, 0.15) is 100 Å². The Hall–Kier alpha value is -6.18. The van der Waals surface area contributed by atoms with E-state index in [4.69, 9.17) is 4.74 Å². The molecule has 15 nitrogen and oxygen atoms in total. The van der Waals surface area contributed by atoms with Crippen LogP contribution in [0.3, 0.4) is 0 Å². The average Bonchev–Trinajstić information content (AvgIpc) is 4.02. The van der Waals surface area contributed by atoms with Gasteiger partial charge in [-0.2, -0.15) is 0 Å². The molecule has 18 heteroatoms. The molecular formula is C54H62FN7O8S2. The number of piperazine rings is 1. The van der Waals surface area contributed by atoms with Gasteiger partial charge >= 0.3 is 0 Å². The fourth-order valence-electron chi connectivity index (χ4n) is 10.1. The summed E-state index contributed by atoms with van der Waals surface area (Å²) >= 11 is 1.68. The normalized spacial score (nSPS) is 19.9. The molecule has 3 aromatic heterocycles. The van der Waals surface area contributed by atoms with Crippen molar-refractivity contribution < 1.29 is 37.5 Å². The van der Waals surface area contributed by atoms with Crippen LogP contribution in [0, 0.1) is 27.3 Å². The van der Waals surface area contributed by atoms with Crippen LogP contribution in [0.4, 0.5) is 21.5 Å². The van der Waals surface area contributed by atoms with Gasteiger partial charge in [0.05, 0.1) is 32.8 Å². The van der Waals surface area contributed by atoms with E-state index in [9.17, 15) is 33.5 Å². The summed E-state index contributed by atoms with van der Waals surface area (Å²) in [6.07, 6.45) is 8.98. The van der Waals surface area contributed by atoms with Crippen molar-refractivity contribution in [2.45, 2.75) is 95.7 Å². The number of H-pyrrole nitrogens is 1. The minimum absolute atomic E-state index is 0.0675. The highest BCUT2D eigenvalue weighted by atomic mass is 32.2. The molecule has 3 aromatic carbocycles. The molecule has 0 radical (unpaired) electrons. The number of fused-ring (bicyclic) bond motifs is 1. The van der Waals surface area contributed by atoms with Crippen molar-refractivity contribution in [3.8, 4) is 22.6 Å². The van der Waals surface area contributed by atoms with Gasteiger partial charge in [0.15, 0.2) is 0 Å². The van der Waals surface area contributed by atoms with Crippen LogP contribution in [0.5, 0.6) is 11.5 Å². The maximum absolute atomic E-state index is 15.1. The summed E-state index contributed by atoms with van der Waals surface area (Å²) in [7, 11) is -4.61. The number of pyridine rings is 1. The Labute approximate surface area is 423 Å². The number of aromatic nitrogens is 2. The Balaban J connectivity index is 0.912. The summed E-state index contributed by atoms with van der Waals surface area (Å²) in [6.45, 7) is 13.7. The number of nitrogens with one attached hydrogen (secondary N) is 3. The number of hydrogen-bond acceptors (Lipinski definition) is 13. The number of carbonyl (C=O) groups is 1. The minimum Gasteiger partial charge on any atom is -0.455 e. The molecule has 0 bridgehead atoms. The number of nitro benzene ring substituents is 1. The lowest BCUT2D eigenvalue weighted by Crippen LogP contribution is -2.47. The second kappa shape index (κ2) is 20.0. The molecule has 380 valence electrons. The molecule has 2 fully saturated rings. The van der Waals surface area contributed by atoms with Gasteiger partial charge in [0, 0.05) is 79.1 Å². The molecule has 72 heavy (non-hydrogen) atoms. The summed E-state index contributed by atoms with van der Waals surface area (Å²) in [6, 6.07) is 19.3. The lowest BCUT2D eigenvalue weighted by Gasteiger charge is -2.39. The molecule has 3 aliphatic rings. The van der Waals surface area contributed by atoms with E-state index in [1.807, 2.05) is 12.1 Å². The third kappa shape index (κ3) is 11.5. The summed E-state index contributed by atoms with van der Waals surface area (Å²) in [4.78, 5) is 38.5. The Morgan fingerprint density at radius 3 is 2.49 bits per heavy atom. The van der Waals surface area contributed by atoms with Gasteiger partial charge in [-0.05, 0) is 148 Å². The number of ether oxygens (including phenoxy) is 1. The van der Waals surface area contributed by atoms with E-state index in [0.29, 0.717) is 43.9 Å². The van der Waals surface area contributed by atoms with Crippen molar-refractivity contribution in [1.82, 2.24) is 19.6 Å². The van der Waals surface area contributed by atoms with Gasteiger partial charge in [0.1, 0.15) is 28.7 Å². The first kappa shape index (κ1) is 50.7. The van der Waals surface area contributed by atoms with Crippen LogP contribution in [-0.2, 0) is 15.6 Å². The van der Waals surface area contributed by atoms with E-state index in [0.717, 1.165) is 80.0 Å². The van der Waals surface area contributed by atoms with Crippen LogP contribution in [0.2, 0.25) is 0 Å². The minimum atomic E-state index is -4.61. The SMILES string of the molecule is CC1(C)CCC(CN2CCN(c3ccc(C(=O)NS(=O)(=O)c4ccc(NC[C@H]5CC[C@](C)(O)CC5)c([N+](=O)[O-])c4)c(Oc4cnc5[nH]ccc5c4)c3)CC2)=C(c2cc(-c3ccc(C(C)(C)O)c(F)c3)cs2)C1.